The maximum Gasteiger partial charge on any atom is 0.241 e. The Labute approximate surface area is 85.1 Å². The summed E-state index contributed by atoms with van der Waals surface area (Å²) in [5.74, 6) is 1.70. The molecule has 0 aromatic carbocycles. The average molecular weight is 211 g/mol. The monoisotopic (exact) mass is 210 g/mol. The van der Waals surface area contributed by atoms with Gasteiger partial charge >= 0.3 is 0 Å². The van der Waals surface area contributed by atoms with Crippen molar-refractivity contribution in [3.8, 4) is 11.5 Å². The van der Waals surface area contributed by atoms with E-state index in [0.29, 0.717) is 23.2 Å². The number of aromatic nitrogens is 4. The van der Waals surface area contributed by atoms with Crippen molar-refractivity contribution in [1.29, 1.82) is 0 Å². The number of alkyl halides is 1. The highest BCUT2D eigenvalue weighted by atomic mass is 35.5. The van der Waals surface area contributed by atoms with Gasteiger partial charge in [0.15, 0.2) is 0 Å². The molecule has 0 aliphatic rings. The molecule has 5 nitrogen and oxygen atoms in total. The number of aryl methyl sites for hydroxylation is 1. The number of hydrogen-bond acceptors (Lipinski definition) is 5. The first kappa shape index (κ1) is 9.08. The molecule has 0 N–H and O–H groups in total. The van der Waals surface area contributed by atoms with Crippen LogP contribution < -0.4 is 0 Å². The van der Waals surface area contributed by atoms with Gasteiger partial charge in [0.2, 0.25) is 11.7 Å². The molecule has 0 spiro atoms. The Morgan fingerprint density at radius 1 is 1.43 bits per heavy atom. The molecule has 0 radical (unpaired) electrons. The van der Waals surface area contributed by atoms with Crippen molar-refractivity contribution >= 4 is 11.6 Å². The van der Waals surface area contributed by atoms with E-state index in [0.717, 1.165) is 0 Å². The predicted octanol–water partition coefficient (Wildman–Crippen LogP) is 1.57. The van der Waals surface area contributed by atoms with E-state index in [2.05, 4.69) is 20.1 Å². The topological polar surface area (TPSA) is 64.7 Å². The summed E-state index contributed by atoms with van der Waals surface area (Å²) in [6.45, 7) is 1.80. The lowest BCUT2D eigenvalue weighted by molar-refractivity contribution is 0.391. The lowest BCUT2D eigenvalue weighted by atomic mass is 10.4. The molecule has 0 saturated heterocycles. The van der Waals surface area contributed by atoms with Gasteiger partial charge in [-0.15, -0.1) is 11.6 Å². The summed E-state index contributed by atoms with van der Waals surface area (Å²) in [5.41, 5.74) is 0.637. The minimum atomic E-state index is 0.205. The van der Waals surface area contributed by atoms with Crippen molar-refractivity contribution in [2.24, 2.45) is 0 Å². The molecule has 72 valence electrons. The standard InChI is InChI=1S/C8H7ClN4O/c1-5-10-3-2-6(11-5)8-12-7(4-9)14-13-8/h2-3H,4H2,1H3. The van der Waals surface area contributed by atoms with Gasteiger partial charge in [0.25, 0.3) is 0 Å². The van der Waals surface area contributed by atoms with E-state index >= 15 is 0 Å². The summed E-state index contributed by atoms with van der Waals surface area (Å²) in [7, 11) is 0. The van der Waals surface area contributed by atoms with E-state index in [1.54, 1.807) is 19.2 Å². The van der Waals surface area contributed by atoms with Crippen LogP contribution in [0.5, 0.6) is 0 Å². The molecule has 2 rings (SSSR count). The Hall–Kier alpha value is -1.49. The fourth-order valence-corrected chi connectivity index (χ4v) is 1.10. The molecule has 0 unspecified atom stereocenters. The summed E-state index contributed by atoms with van der Waals surface area (Å²) < 4.78 is 4.85. The number of halogens is 1. The van der Waals surface area contributed by atoms with Crippen molar-refractivity contribution in [3.05, 3.63) is 24.0 Å². The van der Waals surface area contributed by atoms with Gasteiger partial charge in [-0.05, 0) is 13.0 Å². The smallest absolute Gasteiger partial charge is 0.241 e. The van der Waals surface area contributed by atoms with Crippen LogP contribution in [0.1, 0.15) is 11.7 Å². The molecule has 0 saturated carbocycles. The minimum absolute atomic E-state index is 0.205. The fraction of sp³-hybridized carbons (Fsp3) is 0.250. The van der Waals surface area contributed by atoms with Crippen LogP contribution in [0.4, 0.5) is 0 Å². The molecular weight excluding hydrogens is 204 g/mol. The van der Waals surface area contributed by atoms with Crippen molar-refractivity contribution in [2.45, 2.75) is 12.8 Å². The Bertz CT molecular complexity index is 442. The summed E-state index contributed by atoms with van der Waals surface area (Å²) in [4.78, 5) is 12.2. The summed E-state index contributed by atoms with van der Waals surface area (Å²) in [5, 5.41) is 3.74. The number of hydrogen-bond donors (Lipinski definition) is 0. The van der Waals surface area contributed by atoms with E-state index in [-0.39, 0.29) is 5.88 Å². The SMILES string of the molecule is Cc1nccc(-c2noc(CCl)n2)n1. The highest BCUT2D eigenvalue weighted by molar-refractivity contribution is 6.16. The van der Waals surface area contributed by atoms with Crippen LogP contribution in [0.25, 0.3) is 11.5 Å². The van der Waals surface area contributed by atoms with E-state index < -0.39 is 0 Å². The van der Waals surface area contributed by atoms with E-state index in [1.807, 2.05) is 0 Å². The second-order valence-electron chi connectivity index (χ2n) is 2.63. The lowest BCUT2D eigenvalue weighted by Gasteiger charge is -1.93. The zero-order valence-electron chi connectivity index (χ0n) is 7.44. The van der Waals surface area contributed by atoms with Gasteiger partial charge in [-0.3, -0.25) is 0 Å². The van der Waals surface area contributed by atoms with Gasteiger partial charge in [-0.25, -0.2) is 9.97 Å². The molecule has 0 amide bonds. The first-order valence-corrected chi connectivity index (χ1v) is 4.51. The van der Waals surface area contributed by atoms with Gasteiger partial charge in [-0.1, -0.05) is 5.16 Å². The summed E-state index contributed by atoms with van der Waals surface area (Å²) in [6.07, 6.45) is 1.65. The summed E-state index contributed by atoms with van der Waals surface area (Å²) in [6, 6.07) is 1.72. The highest BCUT2D eigenvalue weighted by Gasteiger charge is 2.08. The van der Waals surface area contributed by atoms with Crippen LogP contribution in [0.3, 0.4) is 0 Å². The molecule has 0 aliphatic heterocycles. The molecule has 14 heavy (non-hydrogen) atoms. The minimum Gasteiger partial charge on any atom is -0.338 e. The number of nitrogens with zero attached hydrogens (tertiary/aromatic N) is 4. The molecular formula is C8H7ClN4O. The van der Waals surface area contributed by atoms with Crippen LogP contribution in [-0.4, -0.2) is 20.1 Å². The molecule has 0 bridgehead atoms. The molecule has 0 aliphatic carbocycles. The van der Waals surface area contributed by atoms with Crippen molar-refractivity contribution < 1.29 is 4.52 Å². The Morgan fingerprint density at radius 2 is 2.29 bits per heavy atom. The van der Waals surface area contributed by atoms with Gasteiger partial charge < -0.3 is 4.52 Å². The molecule has 2 heterocycles. The Morgan fingerprint density at radius 3 is 2.93 bits per heavy atom. The zero-order chi connectivity index (χ0) is 9.97. The normalized spacial score (nSPS) is 10.4. The van der Waals surface area contributed by atoms with Crippen molar-refractivity contribution in [2.75, 3.05) is 0 Å². The third kappa shape index (κ3) is 1.72. The highest BCUT2D eigenvalue weighted by Crippen LogP contribution is 2.12. The molecule has 2 aromatic rings. The second kappa shape index (κ2) is 3.71. The van der Waals surface area contributed by atoms with Crippen LogP contribution >= 0.6 is 11.6 Å². The first-order chi connectivity index (χ1) is 6.79. The quantitative estimate of drug-likeness (QED) is 0.704. The van der Waals surface area contributed by atoms with E-state index in [1.165, 1.54) is 0 Å². The number of rotatable bonds is 2. The molecule has 0 fully saturated rings. The Kier molecular flexibility index (Phi) is 2.41. The summed E-state index contributed by atoms with van der Waals surface area (Å²) >= 11 is 5.53. The van der Waals surface area contributed by atoms with E-state index in [9.17, 15) is 0 Å². The maximum atomic E-state index is 5.53. The van der Waals surface area contributed by atoms with Crippen LogP contribution in [0, 0.1) is 6.92 Å². The lowest BCUT2D eigenvalue weighted by Crippen LogP contribution is -1.91. The first-order valence-electron chi connectivity index (χ1n) is 3.98. The van der Waals surface area contributed by atoms with Crippen LogP contribution in [0.2, 0.25) is 0 Å². The van der Waals surface area contributed by atoms with Gasteiger partial charge in [-0.2, -0.15) is 4.98 Å². The third-order valence-electron chi connectivity index (χ3n) is 1.59. The Balaban J connectivity index is 2.39. The average Bonchev–Trinajstić information content (AvgIpc) is 2.66. The largest absolute Gasteiger partial charge is 0.338 e. The molecule has 0 atom stereocenters. The zero-order valence-corrected chi connectivity index (χ0v) is 8.19. The van der Waals surface area contributed by atoms with E-state index in [4.69, 9.17) is 16.1 Å². The van der Waals surface area contributed by atoms with Gasteiger partial charge in [0.1, 0.15) is 17.4 Å². The van der Waals surface area contributed by atoms with Gasteiger partial charge in [0, 0.05) is 6.20 Å². The third-order valence-corrected chi connectivity index (χ3v) is 1.82. The predicted molar refractivity (Wildman–Crippen MR) is 49.6 cm³/mol. The molecule has 6 heteroatoms. The van der Waals surface area contributed by atoms with Crippen LogP contribution in [-0.2, 0) is 5.88 Å². The second-order valence-corrected chi connectivity index (χ2v) is 2.90. The van der Waals surface area contributed by atoms with Crippen molar-refractivity contribution in [1.82, 2.24) is 20.1 Å². The van der Waals surface area contributed by atoms with Crippen molar-refractivity contribution in [3.63, 3.8) is 0 Å². The van der Waals surface area contributed by atoms with Crippen LogP contribution in [0.15, 0.2) is 16.8 Å². The molecule has 2 aromatic heterocycles. The maximum absolute atomic E-state index is 5.53. The van der Waals surface area contributed by atoms with Gasteiger partial charge in [0.05, 0.1) is 0 Å². The fourth-order valence-electron chi connectivity index (χ4n) is 0.994.